The Kier molecular flexibility index (Phi) is 5.72. The van der Waals surface area contributed by atoms with Crippen LogP contribution >= 0.6 is 0 Å². The first-order valence-corrected chi connectivity index (χ1v) is 7.74. The Morgan fingerprint density at radius 2 is 1.90 bits per heavy atom. The topological polar surface area (TPSA) is 21.7 Å². The largest absolute Gasteiger partial charge is 0.493 e. The molecule has 0 atom stereocenters. The molecule has 0 N–H and O–H groups in total. The molecule has 1 fully saturated rings. The van der Waals surface area contributed by atoms with Crippen molar-refractivity contribution in [2.45, 2.75) is 51.6 Å². The summed E-state index contributed by atoms with van der Waals surface area (Å²) in [5, 5.41) is 0. The Morgan fingerprint density at radius 1 is 1.15 bits per heavy atom. The first-order valence-electron chi connectivity index (χ1n) is 7.74. The number of rotatable bonds is 6. The third kappa shape index (κ3) is 3.89. The van der Waals surface area contributed by atoms with Gasteiger partial charge in [0.25, 0.3) is 0 Å². The van der Waals surface area contributed by atoms with Crippen LogP contribution in [0.3, 0.4) is 0 Å². The van der Waals surface area contributed by atoms with Gasteiger partial charge in [-0.1, -0.05) is 25.3 Å². The average Bonchev–Trinajstić information content (AvgIpc) is 2.49. The van der Waals surface area contributed by atoms with Gasteiger partial charge in [0, 0.05) is 12.6 Å². The fourth-order valence-electron chi connectivity index (χ4n) is 3.03. The van der Waals surface area contributed by atoms with E-state index < -0.39 is 0 Å². The van der Waals surface area contributed by atoms with Crippen LogP contribution in [0.4, 0.5) is 0 Å². The van der Waals surface area contributed by atoms with Gasteiger partial charge >= 0.3 is 0 Å². The standard InChI is InChI=1S/C17H27NO2/c1-4-20-17-12-14(10-11-16(17)19-3)13-18(2)15-8-6-5-7-9-15/h10-12,15H,4-9,13H2,1-3H3. The summed E-state index contributed by atoms with van der Waals surface area (Å²) in [5.74, 6) is 1.67. The van der Waals surface area contributed by atoms with E-state index in [4.69, 9.17) is 9.47 Å². The number of hydrogen-bond acceptors (Lipinski definition) is 3. The first-order chi connectivity index (χ1) is 9.74. The van der Waals surface area contributed by atoms with Crippen molar-refractivity contribution in [2.75, 3.05) is 20.8 Å². The smallest absolute Gasteiger partial charge is 0.161 e. The zero-order valence-corrected chi connectivity index (χ0v) is 13.0. The highest BCUT2D eigenvalue weighted by Gasteiger charge is 2.18. The lowest BCUT2D eigenvalue weighted by molar-refractivity contribution is 0.184. The maximum atomic E-state index is 5.65. The molecule has 3 nitrogen and oxygen atoms in total. The van der Waals surface area contributed by atoms with Gasteiger partial charge in [0.1, 0.15) is 0 Å². The normalized spacial score (nSPS) is 16.4. The Bertz CT molecular complexity index is 413. The summed E-state index contributed by atoms with van der Waals surface area (Å²) < 4.78 is 11.0. The molecule has 1 saturated carbocycles. The van der Waals surface area contributed by atoms with Crippen LogP contribution in [0.25, 0.3) is 0 Å². The predicted molar refractivity (Wildman–Crippen MR) is 82.5 cm³/mol. The van der Waals surface area contributed by atoms with Gasteiger partial charge in [-0.15, -0.1) is 0 Å². The van der Waals surface area contributed by atoms with Gasteiger partial charge in [-0.25, -0.2) is 0 Å². The van der Waals surface area contributed by atoms with Gasteiger partial charge in [0.05, 0.1) is 13.7 Å². The Balaban J connectivity index is 2.02. The molecule has 112 valence electrons. The molecule has 3 heteroatoms. The van der Waals surface area contributed by atoms with Crippen LogP contribution in [0, 0.1) is 0 Å². The minimum absolute atomic E-state index is 0.665. The van der Waals surface area contributed by atoms with E-state index in [1.807, 2.05) is 13.0 Å². The second kappa shape index (κ2) is 7.53. The number of methoxy groups -OCH3 is 1. The van der Waals surface area contributed by atoms with E-state index in [2.05, 4.69) is 24.1 Å². The maximum absolute atomic E-state index is 5.65. The molecule has 1 aromatic rings. The van der Waals surface area contributed by atoms with E-state index in [1.165, 1.54) is 37.7 Å². The highest BCUT2D eigenvalue weighted by Crippen LogP contribution is 2.29. The number of hydrogen-bond donors (Lipinski definition) is 0. The van der Waals surface area contributed by atoms with Crippen molar-refractivity contribution in [2.24, 2.45) is 0 Å². The molecule has 0 heterocycles. The van der Waals surface area contributed by atoms with Crippen LogP contribution in [0.15, 0.2) is 18.2 Å². The van der Waals surface area contributed by atoms with Gasteiger partial charge in [-0.3, -0.25) is 4.90 Å². The molecular formula is C17H27NO2. The summed E-state index contributed by atoms with van der Waals surface area (Å²) in [4.78, 5) is 2.48. The van der Waals surface area contributed by atoms with E-state index in [1.54, 1.807) is 7.11 Å². The SMILES string of the molecule is CCOc1cc(CN(C)C2CCCCC2)ccc1OC. The third-order valence-electron chi connectivity index (χ3n) is 4.16. The van der Waals surface area contributed by atoms with E-state index in [0.717, 1.165) is 24.1 Å². The first kappa shape index (κ1) is 15.2. The second-order valence-electron chi connectivity index (χ2n) is 5.63. The summed E-state index contributed by atoms with van der Waals surface area (Å²) in [6.07, 6.45) is 6.83. The molecule has 2 rings (SSSR count). The van der Waals surface area contributed by atoms with Crippen molar-refractivity contribution in [1.29, 1.82) is 0 Å². The van der Waals surface area contributed by atoms with Crippen molar-refractivity contribution >= 4 is 0 Å². The van der Waals surface area contributed by atoms with Crippen molar-refractivity contribution in [3.8, 4) is 11.5 Å². The molecule has 0 radical (unpaired) electrons. The molecule has 20 heavy (non-hydrogen) atoms. The summed E-state index contributed by atoms with van der Waals surface area (Å²) in [6, 6.07) is 7.00. The molecule has 1 aliphatic carbocycles. The molecular weight excluding hydrogens is 250 g/mol. The predicted octanol–water partition coefficient (Wildman–Crippen LogP) is 3.86. The highest BCUT2D eigenvalue weighted by atomic mass is 16.5. The molecule has 0 bridgehead atoms. The van der Waals surface area contributed by atoms with Crippen LogP contribution in [0.2, 0.25) is 0 Å². The fraction of sp³-hybridized carbons (Fsp3) is 0.647. The van der Waals surface area contributed by atoms with Crippen LogP contribution in [-0.2, 0) is 6.54 Å². The molecule has 0 unspecified atom stereocenters. The fourth-order valence-corrected chi connectivity index (χ4v) is 3.03. The van der Waals surface area contributed by atoms with Crippen LogP contribution < -0.4 is 9.47 Å². The van der Waals surface area contributed by atoms with Crippen molar-refractivity contribution in [3.63, 3.8) is 0 Å². The Morgan fingerprint density at radius 3 is 2.55 bits per heavy atom. The number of nitrogens with zero attached hydrogens (tertiary/aromatic N) is 1. The Hall–Kier alpha value is -1.22. The van der Waals surface area contributed by atoms with Crippen LogP contribution in [-0.4, -0.2) is 31.7 Å². The van der Waals surface area contributed by atoms with Crippen molar-refractivity contribution in [1.82, 2.24) is 4.90 Å². The van der Waals surface area contributed by atoms with Crippen LogP contribution in [0.5, 0.6) is 11.5 Å². The lowest BCUT2D eigenvalue weighted by Crippen LogP contribution is -2.32. The van der Waals surface area contributed by atoms with Gasteiger partial charge < -0.3 is 9.47 Å². The van der Waals surface area contributed by atoms with Crippen molar-refractivity contribution in [3.05, 3.63) is 23.8 Å². The minimum Gasteiger partial charge on any atom is -0.493 e. The van der Waals surface area contributed by atoms with E-state index in [-0.39, 0.29) is 0 Å². The lowest BCUT2D eigenvalue weighted by Gasteiger charge is -2.31. The van der Waals surface area contributed by atoms with Gasteiger partial charge in [-0.05, 0) is 44.5 Å². The zero-order chi connectivity index (χ0) is 14.4. The third-order valence-corrected chi connectivity index (χ3v) is 4.16. The van der Waals surface area contributed by atoms with Crippen LogP contribution in [0.1, 0.15) is 44.6 Å². The van der Waals surface area contributed by atoms with Gasteiger partial charge in [0.15, 0.2) is 11.5 Å². The lowest BCUT2D eigenvalue weighted by atomic mass is 9.94. The number of benzene rings is 1. The summed E-state index contributed by atoms with van der Waals surface area (Å²) in [6.45, 7) is 3.65. The van der Waals surface area contributed by atoms with Gasteiger partial charge in [0.2, 0.25) is 0 Å². The van der Waals surface area contributed by atoms with Gasteiger partial charge in [-0.2, -0.15) is 0 Å². The Labute approximate surface area is 122 Å². The van der Waals surface area contributed by atoms with E-state index in [0.29, 0.717) is 6.61 Å². The monoisotopic (exact) mass is 277 g/mol. The van der Waals surface area contributed by atoms with E-state index >= 15 is 0 Å². The molecule has 1 aliphatic rings. The second-order valence-corrected chi connectivity index (χ2v) is 5.63. The molecule has 0 spiro atoms. The average molecular weight is 277 g/mol. The number of ether oxygens (including phenoxy) is 2. The molecule has 0 saturated heterocycles. The maximum Gasteiger partial charge on any atom is 0.161 e. The summed E-state index contributed by atoms with van der Waals surface area (Å²) >= 11 is 0. The molecule has 0 amide bonds. The molecule has 0 aliphatic heterocycles. The zero-order valence-electron chi connectivity index (χ0n) is 13.0. The van der Waals surface area contributed by atoms with Crippen molar-refractivity contribution < 1.29 is 9.47 Å². The minimum atomic E-state index is 0.665. The molecule has 0 aromatic heterocycles. The highest BCUT2D eigenvalue weighted by molar-refractivity contribution is 5.42. The van der Waals surface area contributed by atoms with E-state index in [9.17, 15) is 0 Å². The molecule has 1 aromatic carbocycles. The quantitative estimate of drug-likeness (QED) is 0.788. The summed E-state index contributed by atoms with van der Waals surface area (Å²) in [5.41, 5.74) is 1.29. The summed E-state index contributed by atoms with van der Waals surface area (Å²) in [7, 11) is 3.92.